The molecule has 1 heterocycles. The number of hydrogen-bond acceptors (Lipinski definition) is 2. The van der Waals surface area contributed by atoms with Crippen LogP contribution in [0.1, 0.15) is 29.7 Å². The van der Waals surface area contributed by atoms with Crippen LogP contribution in [-0.2, 0) is 13.0 Å². The molecule has 0 bridgehead atoms. The zero-order chi connectivity index (χ0) is 14.8. The van der Waals surface area contributed by atoms with Gasteiger partial charge in [-0.05, 0) is 36.2 Å². The largest absolute Gasteiger partial charge is 0.493 e. The van der Waals surface area contributed by atoms with Gasteiger partial charge in [-0.3, -0.25) is 0 Å². The van der Waals surface area contributed by atoms with Crippen LogP contribution in [0.2, 0.25) is 5.02 Å². The Labute approximate surface area is 138 Å². The fraction of sp³-hybridized carbons (Fsp3) is 0.294. The van der Waals surface area contributed by atoms with E-state index in [4.69, 9.17) is 16.3 Å². The van der Waals surface area contributed by atoms with E-state index in [2.05, 4.69) is 46.4 Å². The van der Waals surface area contributed by atoms with Crippen molar-refractivity contribution < 1.29 is 4.74 Å². The maximum atomic E-state index is 6.25. The molecule has 0 fully saturated rings. The average molecular weight is 367 g/mol. The van der Waals surface area contributed by atoms with E-state index in [1.54, 1.807) is 0 Å². The third kappa shape index (κ3) is 3.25. The minimum atomic E-state index is 0.190. The van der Waals surface area contributed by atoms with Gasteiger partial charge in [0.1, 0.15) is 5.75 Å². The van der Waals surface area contributed by atoms with Gasteiger partial charge >= 0.3 is 0 Å². The molecule has 0 radical (unpaired) electrons. The lowest BCUT2D eigenvalue weighted by Crippen LogP contribution is -2.18. The van der Waals surface area contributed by atoms with Crippen LogP contribution in [0.3, 0.4) is 0 Å². The summed E-state index contributed by atoms with van der Waals surface area (Å²) in [4.78, 5) is 0. The topological polar surface area (TPSA) is 21.3 Å². The lowest BCUT2D eigenvalue weighted by Gasteiger charge is -2.17. The summed E-state index contributed by atoms with van der Waals surface area (Å²) in [7, 11) is 0. The highest BCUT2D eigenvalue weighted by Gasteiger charge is 2.18. The van der Waals surface area contributed by atoms with Crippen LogP contribution in [0.5, 0.6) is 5.75 Å². The lowest BCUT2D eigenvalue weighted by molar-refractivity contribution is 0.351. The number of fused-ring (bicyclic) bond motifs is 1. The second-order valence-electron chi connectivity index (χ2n) is 5.28. The Kier molecular flexibility index (Phi) is 4.53. The van der Waals surface area contributed by atoms with Gasteiger partial charge in [0.15, 0.2) is 0 Å². The highest BCUT2D eigenvalue weighted by atomic mass is 79.9. The number of hydrogen-bond donors (Lipinski definition) is 1. The molecule has 110 valence electrons. The van der Waals surface area contributed by atoms with Crippen molar-refractivity contribution in [2.45, 2.75) is 25.9 Å². The molecule has 2 nitrogen and oxygen atoms in total. The summed E-state index contributed by atoms with van der Waals surface area (Å²) < 4.78 is 6.86. The molecule has 0 aromatic heterocycles. The molecule has 2 aromatic carbocycles. The van der Waals surface area contributed by atoms with E-state index in [0.29, 0.717) is 0 Å². The van der Waals surface area contributed by atoms with E-state index in [0.717, 1.165) is 40.4 Å². The third-order valence-electron chi connectivity index (χ3n) is 3.80. The standard InChI is InChI=1S/C17H17BrClNO/c1-11(15-4-2-3-5-16(15)19)20-10-13-9-14(18)8-12-6-7-21-17(12)13/h2-5,8-9,11,20H,6-7,10H2,1H3/t11-/m0/s1. The number of benzene rings is 2. The maximum Gasteiger partial charge on any atom is 0.127 e. The van der Waals surface area contributed by atoms with Gasteiger partial charge in [-0.1, -0.05) is 45.7 Å². The summed E-state index contributed by atoms with van der Waals surface area (Å²) in [5.41, 5.74) is 3.59. The number of rotatable bonds is 4. The third-order valence-corrected chi connectivity index (χ3v) is 4.60. The van der Waals surface area contributed by atoms with E-state index >= 15 is 0 Å². The Morgan fingerprint density at radius 3 is 2.95 bits per heavy atom. The summed E-state index contributed by atoms with van der Waals surface area (Å²) in [5, 5.41) is 4.33. The molecule has 0 saturated carbocycles. The zero-order valence-electron chi connectivity index (χ0n) is 11.8. The molecule has 0 amide bonds. The molecule has 0 saturated heterocycles. The lowest BCUT2D eigenvalue weighted by atomic mass is 10.1. The van der Waals surface area contributed by atoms with E-state index in [1.807, 2.05) is 18.2 Å². The summed E-state index contributed by atoms with van der Waals surface area (Å²) in [5.74, 6) is 1.04. The molecule has 1 aliphatic heterocycles. The molecule has 0 spiro atoms. The van der Waals surface area contributed by atoms with Crippen molar-refractivity contribution in [3.8, 4) is 5.75 Å². The molecule has 1 atom stereocenters. The van der Waals surface area contributed by atoms with Crippen LogP contribution in [0.4, 0.5) is 0 Å². The summed E-state index contributed by atoms with van der Waals surface area (Å²) in [6.07, 6.45) is 0.988. The zero-order valence-corrected chi connectivity index (χ0v) is 14.2. The van der Waals surface area contributed by atoms with Crippen LogP contribution >= 0.6 is 27.5 Å². The van der Waals surface area contributed by atoms with Crippen molar-refractivity contribution in [3.05, 3.63) is 62.6 Å². The van der Waals surface area contributed by atoms with Gasteiger partial charge in [0.2, 0.25) is 0 Å². The first-order valence-electron chi connectivity index (χ1n) is 7.07. The number of nitrogens with one attached hydrogen (secondary N) is 1. The van der Waals surface area contributed by atoms with Crippen molar-refractivity contribution in [1.82, 2.24) is 5.32 Å². The quantitative estimate of drug-likeness (QED) is 0.832. The van der Waals surface area contributed by atoms with Gasteiger partial charge in [-0.15, -0.1) is 0 Å². The van der Waals surface area contributed by atoms with Crippen molar-refractivity contribution in [2.75, 3.05) is 6.61 Å². The van der Waals surface area contributed by atoms with E-state index in [-0.39, 0.29) is 6.04 Å². The highest BCUT2D eigenvalue weighted by Crippen LogP contribution is 2.33. The molecule has 0 unspecified atom stereocenters. The smallest absolute Gasteiger partial charge is 0.127 e. The highest BCUT2D eigenvalue weighted by molar-refractivity contribution is 9.10. The minimum absolute atomic E-state index is 0.190. The average Bonchev–Trinajstić information content (AvgIpc) is 2.93. The van der Waals surface area contributed by atoms with Crippen molar-refractivity contribution in [1.29, 1.82) is 0 Å². The molecule has 1 aliphatic rings. The summed E-state index contributed by atoms with van der Waals surface area (Å²) >= 11 is 9.82. The summed E-state index contributed by atoms with van der Waals surface area (Å²) in [6.45, 7) is 3.66. The van der Waals surface area contributed by atoms with Crippen molar-refractivity contribution >= 4 is 27.5 Å². The molecule has 21 heavy (non-hydrogen) atoms. The molecule has 0 aliphatic carbocycles. The Balaban J connectivity index is 1.75. The predicted molar refractivity (Wildman–Crippen MR) is 90.0 cm³/mol. The number of ether oxygens (including phenoxy) is 1. The van der Waals surface area contributed by atoms with E-state index in [1.165, 1.54) is 11.1 Å². The van der Waals surface area contributed by atoms with Gasteiger partial charge in [-0.2, -0.15) is 0 Å². The predicted octanol–water partition coefficient (Wildman–Crippen LogP) is 4.89. The minimum Gasteiger partial charge on any atom is -0.493 e. The molecular formula is C17H17BrClNO. The Hall–Kier alpha value is -1.03. The van der Waals surface area contributed by atoms with Crippen LogP contribution in [0.15, 0.2) is 40.9 Å². The van der Waals surface area contributed by atoms with Gasteiger partial charge < -0.3 is 10.1 Å². The van der Waals surface area contributed by atoms with Gasteiger partial charge in [0, 0.05) is 34.1 Å². The van der Waals surface area contributed by atoms with Crippen LogP contribution in [0.25, 0.3) is 0 Å². The first-order chi connectivity index (χ1) is 10.1. The first kappa shape index (κ1) is 14.9. The Morgan fingerprint density at radius 1 is 1.33 bits per heavy atom. The first-order valence-corrected chi connectivity index (χ1v) is 8.24. The summed E-state index contributed by atoms with van der Waals surface area (Å²) in [6, 6.07) is 12.4. The fourth-order valence-corrected chi connectivity index (χ4v) is 3.53. The molecular weight excluding hydrogens is 350 g/mol. The molecule has 2 aromatic rings. The van der Waals surface area contributed by atoms with Crippen LogP contribution < -0.4 is 10.1 Å². The van der Waals surface area contributed by atoms with Gasteiger partial charge in [0.25, 0.3) is 0 Å². The fourth-order valence-electron chi connectivity index (χ4n) is 2.68. The van der Waals surface area contributed by atoms with Gasteiger partial charge in [0.05, 0.1) is 6.61 Å². The Bertz CT molecular complexity index is 659. The van der Waals surface area contributed by atoms with Crippen molar-refractivity contribution in [3.63, 3.8) is 0 Å². The van der Waals surface area contributed by atoms with E-state index in [9.17, 15) is 0 Å². The molecule has 4 heteroatoms. The van der Waals surface area contributed by atoms with Crippen molar-refractivity contribution in [2.24, 2.45) is 0 Å². The Morgan fingerprint density at radius 2 is 2.14 bits per heavy atom. The SMILES string of the molecule is C[C@H](NCc1cc(Br)cc2c1OCC2)c1ccccc1Cl. The molecule has 1 N–H and O–H groups in total. The van der Waals surface area contributed by atoms with Crippen LogP contribution in [-0.4, -0.2) is 6.61 Å². The normalized spacial score (nSPS) is 14.6. The van der Waals surface area contributed by atoms with Crippen LogP contribution in [0, 0.1) is 0 Å². The second kappa shape index (κ2) is 6.39. The maximum absolute atomic E-state index is 6.25. The van der Waals surface area contributed by atoms with Gasteiger partial charge in [-0.25, -0.2) is 0 Å². The number of halogens is 2. The van der Waals surface area contributed by atoms with E-state index < -0.39 is 0 Å². The molecule has 3 rings (SSSR count). The second-order valence-corrected chi connectivity index (χ2v) is 6.60. The monoisotopic (exact) mass is 365 g/mol.